The third-order valence-electron chi connectivity index (χ3n) is 3.71. The van der Waals surface area contributed by atoms with E-state index in [4.69, 9.17) is 23.8 Å². The van der Waals surface area contributed by atoms with Gasteiger partial charge in [-0.25, -0.2) is 5.01 Å². The van der Waals surface area contributed by atoms with E-state index in [1.54, 1.807) is 0 Å². The molecular formula is C16H16ClN3S. The van der Waals surface area contributed by atoms with Crippen molar-refractivity contribution in [2.24, 2.45) is 0 Å². The van der Waals surface area contributed by atoms with Gasteiger partial charge in [-0.05, 0) is 48.5 Å². The van der Waals surface area contributed by atoms with Crippen LogP contribution in [0.5, 0.6) is 0 Å². The number of nitrogens with zero attached hydrogens (tertiary/aromatic N) is 1. The number of anilines is 1. The van der Waals surface area contributed by atoms with Crippen molar-refractivity contribution in [3.05, 3.63) is 65.2 Å². The normalized spacial score (nSPS) is 21.4. The molecule has 1 aliphatic heterocycles. The predicted molar refractivity (Wildman–Crippen MR) is 91.2 cm³/mol. The highest BCUT2D eigenvalue weighted by Crippen LogP contribution is 2.30. The van der Waals surface area contributed by atoms with Gasteiger partial charge in [-0.1, -0.05) is 48.9 Å². The zero-order valence-corrected chi connectivity index (χ0v) is 13.2. The fraction of sp³-hybridized carbons (Fsp3) is 0.188. The maximum absolute atomic E-state index is 5.98. The molecule has 1 aliphatic rings. The lowest BCUT2D eigenvalue weighted by atomic mass is 9.98. The molecule has 1 heterocycles. The molecule has 1 fully saturated rings. The van der Waals surface area contributed by atoms with Gasteiger partial charge < -0.3 is 5.32 Å². The average Bonchev–Trinajstić information content (AvgIpc) is 2.87. The van der Waals surface area contributed by atoms with Crippen LogP contribution in [0.2, 0.25) is 5.02 Å². The van der Waals surface area contributed by atoms with Crippen LogP contribution in [0.3, 0.4) is 0 Å². The topological polar surface area (TPSA) is 27.3 Å². The number of thiocarbonyl (C=S) groups is 1. The molecule has 0 amide bonds. The maximum atomic E-state index is 5.98. The van der Waals surface area contributed by atoms with E-state index in [-0.39, 0.29) is 0 Å². The summed E-state index contributed by atoms with van der Waals surface area (Å²) in [6, 6.07) is 17.8. The Morgan fingerprint density at radius 2 is 1.76 bits per heavy atom. The molecule has 0 unspecified atom stereocenters. The number of hydrogen-bond donors (Lipinski definition) is 2. The first-order chi connectivity index (χ1) is 10.1. The van der Waals surface area contributed by atoms with Crippen LogP contribution >= 0.6 is 23.8 Å². The van der Waals surface area contributed by atoms with Crippen LogP contribution in [0.4, 0.5) is 5.69 Å². The van der Waals surface area contributed by atoms with Gasteiger partial charge in [0, 0.05) is 5.02 Å². The van der Waals surface area contributed by atoms with Crippen LogP contribution in [-0.4, -0.2) is 5.11 Å². The van der Waals surface area contributed by atoms with E-state index in [1.807, 2.05) is 59.6 Å². The first kappa shape index (κ1) is 14.3. The Labute approximate surface area is 134 Å². The molecule has 108 valence electrons. The zero-order valence-electron chi connectivity index (χ0n) is 11.6. The summed E-state index contributed by atoms with van der Waals surface area (Å²) < 4.78 is 0. The van der Waals surface area contributed by atoms with E-state index >= 15 is 0 Å². The van der Waals surface area contributed by atoms with Gasteiger partial charge in [-0.2, -0.15) is 5.43 Å². The second-order valence-corrected chi connectivity index (χ2v) is 5.80. The van der Waals surface area contributed by atoms with Crippen LogP contribution in [-0.2, 0) is 5.66 Å². The summed E-state index contributed by atoms with van der Waals surface area (Å²) in [7, 11) is 0. The highest BCUT2D eigenvalue weighted by molar-refractivity contribution is 7.80. The van der Waals surface area contributed by atoms with Crippen molar-refractivity contribution >= 4 is 34.6 Å². The van der Waals surface area contributed by atoms with Crippen LogP contribution in [0.15, 0.2) is 54.6 Å². The molecule has 0 bridgehead atoms. The van der Waals surface area contributed by atoms with Gasteiger partial charge in [0.1, 0.15) is 5.66 Å². The average molecular weight is 318 g/mol. The monoisotopic (exact) mass is 317 g/mol. The number of benzene rings is 2. The molecule has 0 aliphatic carbocycles. The van der Waals surface area contributed by atoms with Crippen molar-refractivity contribution in [2.75, 3.05) is 5.01 Å². The molecular weight excluding hydrogens is 302 g/mol. The molecule has 2 N–H and O–H groups in total. The third-order valence-corrected chi connectivity index (χ3v) is 4.24. The molecule has 2 aromatic carbocycles. The number of rotatable bonds is 3. The van der Waals surface area contributed by atoms with E-state index in [9.17, 15) is 0 Å². The molecule has 21 heavy (non-hydrogen) atoms. The number of halogens is 1. The molecule has 0 aromatic heterocycles. The summed E-state index contributed by atoms with van der Waals surface area (Å²) in [6.07, 6.45) is 0.845. The van der Waals surface area contributed by atoms with Gasteiger partial charge in [0.15, 0.2) is 5.11 Å². The summed E-state index contributed by atoms with van der Waals surface area (Å²) in [6.45, 7) is 2.12. The lowest BCUT2D eigenvalue weighted by Gasteiger charge is -2.29. The second-order valence-electron chi connectivity index (χ2n) is 4.98. The summed E-state index contributed by atoms with van der Waals surface area (Å²) >= 11 is 11.5. The summed E-state index contributed by atoms with van der Waals surface area (Å²) in [5.41, 5.74) is 5.21. The smallest absolute Gasteiger partial charge is 0.190 e. The lowest BCUT2D eigenvalue weighted by Crippen LogP contribution is -2.47. The second kappa shape index (κ2) is 5.64. The summed E-state index contributed by atoms with van der Waals surface area (Å²) in [5, 5.41) is 6.71. The highest BCUT2D eigenvalue weighted by Gasteiger charge is 2.40. The van der Waals surface area contributed by atoms with Gasteiger partial charge >= 0.3 is 0 Å². The predicted octanol–water partition coefficient (Wildman–Crippen LogP) is 3.80. The highest BCUT2D eigenvalue weighted by atomic mass is 35.5. The number of para-hydroxylation sites is 1. The van der Waals surface area contributed by atoms with Crippen LogP contribution < -0.4 is 15.8 Å². The molecule has 1 atom stereocenters. The Hall–Kier alpha value is -1.62. The minimum absolute atomic E-state index is 0.405. The summed E-state index contributed by atoms with van der Waals surface area (Å²) in [4.78, 5) is 0. The molecule has 0 spiro atoms. The van der Waals surface area contributed by atoms with Crippen molar-refractivity contribution < 1.29 is 0 Å². The standard InChI is InChI=1S/C16H16ClN3S/c1-2-16(12-8-10-13(17)11-9-12)18-15(21)20(19-16)14-6-4-3-5-7-14/h3-11,19H,2H2,1H3,(H,18,21)/t16-/m0/s1. The minimum Gasteiger partial charge on any atom is -0.338 e. The van der Waals surface area contributed by atoms with Crippen LogP contribution in [0.25, 0.3) is 0 Å². The quantitative estimate of drug-likeness (QED) is 0.842. The first-order valence-electron chi connectivity index (χ1n) is 6.86. The fourth-order valence-corrected chi connectivity index (χ4v) is 2.96. The lowest BCUT2D eigenvalue weighted by molar-refractivity contribution is 0.337. The Balaban J connectivity index is 1.95. The SMILES string of the molecule is CC[C@]1(c2ccc(Cl)cc2)NC(=S)N(c2ccccc2)N1. The van der Waals surface area contributed by atoms with Crippen LogP contribution in [0, 0.1) is 0 Å². The van der Waals surface area contributed by atoms with Gasteiger partial charge in [0.05, 0.1) is 5.69 Å². The first-order valence-corrected chi connectivity index (χ1v) is 7.64. The van der Waals surface area contributed by atoms with Gasteiger partial charge in [-0.15, -0.1) is 0 Å². The van der Waals surface area contributed by atoms with Crippen molar-refractivity contribution in [3.8, 4) is 0 Å². The minimum atomic E-state index is -0.405. The third kappa shape index (κ3) is 2.62. The van der Waals surface area contributed by atoms with Gasteiger partial charge in [-0.3, -0.25) is 0 Å². The molecule has 1 saturated heterocycles. The number of hydrogen-bond acceptors (Lipinski definition) is 2. The molecule has 3 nitrogen and oxygen atoms in total. The van der Waals surface area contributed by atoms with Crippen molar-refractivity contribution in [1.82, 2.24) is 10.7 Å². The molecule has 0 radical (unpaired) electrons. The Morgan fingerprint density at radius 3 is 2.38 bits per heavy atom. The van der Waals surface area contributed by atoms with Crippen molar-refractivity contribution in [1.29, 1.82) is 0 Å². The zero-order chi connectivity index (χ0) is 14.9. The van der Waals surface area contributed by atoms with Gasteiger partial charge in [0.2, 0.25) is 0 Å². The van der Waals surface area contributed by atoms with E-state index in [2.05, 4.69) is 17.7 Å². The van der Waals surface area contributed by atoms with Crippen molar-refractivity contribution in [3.63, 3.8) is 0 Å². The van der Waals surface area contributed by atoms with Crippen LogP contribution in [0.1, 0.15) is 18.9 Å². The van der Waals surface area contributed by atoms with E-state index in [1.165, 1.54) is 0 Å². The Kier molecular flexibility index (Phi) is 3.85. The van der Waals surface area contributed by atoms with Crippen molar-refractivity contribution in [2.45, 2.75) is 19.0 Å². The van der Waals surface area contributed by atoms with E-state index in [0.717, 1.165) is 22.7 Å². The Bertz CT molecular complexity index is 644. The largest absolute Gasteiger partial charge is 0.338 e. The molecule has 0 saturated carbocycles. The molecule has 3 rings (SSSR count). The van der Waals surface area contributed by atoms with Gasteiger partial charge in [0.25, 0.3) is 0 Å². The maximum Gasteiger partial charge on any atom is 0.190 e. The fourth-order valence-electron chi connectivity index (χ4n) is 2.51. The van der Waals surface area contributed by atoms with E-state index < -0.39 is 5.66 Å². The molecule has 2 aromatic rings. The van der Waals surface area contributed by atoms with E-state index in [0.29, 0.717) is 5.11 Å². The Morgan fingerprint density at radius 1 is 1.10 bits per heavy atom. The molecule has 5 heteroatoms. The summed E-state index contributed by atoms with van der Waals surface area (Å²) in [5.74, 6) is 0. The number of nitrogens with one attached hydrogen (secondary N) is 2. The number of hydrazine groups is 1.